The van der Waals surface area contributed by atoms with Gasteiger partial charge in [0.05, 0.1) is 0 Å². The molecule has 2 aromatic carbocycles. The summed E-state index contributed by atoms with van der Waals surface area (Å²) in [5.74, 6) is 1.11. The van der Waals surface area contributed by atoms with Gasteiger partial charge in [0.2, 0.25) is 0 Å². The number of rotatable bonds is 16. The van der Waals surface area contributed by atoms with Crippen LogP contribution >= 0.6 is 0 Å². The van der Waals surface area contributed by atoms with Crippen molar-refractivity contribution in [3.63, 3.8) is 0 Å². The summed E-state index contributed by atoms with van der Waals surface area (Å²) < 4.78 is 16.8. The van der Waals surface area contributed by atoms with Gasteiger partial charge in [0.25, 0.3) is 0 Å². The van der Waals surface area contributed by atoms with E-state index in [9.17, 15) is 4.79 Å². The van der Waals surface area contributed by atoms with Crippen LogP contribution in [0.15, 0.2) is 60.9 Å². The Morgan fingerprint density at radius 2 is 1.39 bits per heavy atom. The molecule has 6 heteroatoms. The van der Waals surface area contributed by atoms with Crippen LogP contribution in [0.1, 0.15) is 71.8 Å². The Balaban J connectivity index is 1.47. The van der Waals surface area contributed by atoms with Gasteiger partial charge in [-0.2, -0.15) is 0 Å². The third kappa shape index (κ3) is 9.56. The molecule has 6 nitrogen and oxygen atoms in total. The Bertz CT molecular complexity index is 1080. The number of aryl methyl sites for hydroxylation is 1. The molecule has 0 aliphatic rings. The van der Waals surface area contributed by atoms with Crippen molar-refractivity contribution in [3.05, 3.63) is 66.5 Å². The minimum Gasteiger partial charge on any atom is -0.490 e. The number of hydrogen-bond donors (Lipinski definition) is 0. The highest BCUT2D eigenvalue weighted by atomic mass is 16.6. The number of carbonyl (C=O) groups excluding carboxylic acids is 1. The van der Waals surface area contributed by atoms with E-state index in [4.69, 9.17) is 14.2 Å². The van der Waals surface area contributed by atoms with Crippen molar-refractivity contribution >= 4 is 5.97 Å². The first-order valence-corrected chi connectivity index (χ1v) is 14.0. The SMILES string of the molecule is CCCCCCc1cnc(-c2ccc(-c3ccc(OC[C@H](C)OC(=O)C(C)OCCCC)cc3)cc2)nc1. The number of nitrogens with zero attached hydrogens (tertiary/aromatic N) is 2. The first-order valence-electron chi connectivity index (χ1n) is 14.0. The molecule has 38 heavy (non-hydrogen) atoms. The average molecular weight is 519 g/mol. The van der Waals surface area contributed by atoms with Crippen molar-refractivity contribution in [3.8, 4) is 28.3 Å². The average Bonchev–Trinajstić information content (AvgIpc) is 2.95. The fourth-order valence-electron chi connectivity index (χ4n) is 3.96. The van der Waals surface area contributed by atoms with Gasteiger partial charge in [0.1, 0.15) is 18.5 Å². The number of ether oxygens (including phenoxy) is 3. The van der Waals surface area contributed by atoms with Gasteiger partial charge < -0.3 is 14.2 Å². The van der Waals surface area contributed by atoms with Crippen molar-refractivity contribution in [2.75, 3.05) is 13.2 Å². The summed E-state index contributed by atoms with van der Waals surface area (Å²) in [6.45, 7) is 8.68. The van der Waals surface area contributed by atoms with Crippen molar-refractivity contribution in [2.45, 2.75) is 84.8 Å². The molecule has 1 unspecified atom stereocenters. The van der Waals surface area contributed by atoms with Crippen LogP contribution in [0.3, 0.4) is 0 Å². The maximum Gasteiger partial charge on any atom is 0.335 e. The fraction of sp³-hybridized carbons (Fsp3) is 0.469. The third-order valence-corrected chi connectivity index (χ3v) is 6.35. The normalized spacial score (nSPS) is 12.6. The van der Waals surface area contributed by atoms with Gasteiger partial charge in [0.15, 0.2) is 11.9 Å². The minimum absolute atomic E-state index is 0.277. The zero-order chi connectivity index (χ0) is 27.2. The molecule has 0 saturated carbocycles. The summed E-state index contributed by atoms with van der Waals surface area (Å²) >= 11 is 0. The van der Waals surface area contributed by atoms with Gasteiger partial charge in [-0.25, -0.2) is 14.8 Å². The maximum absolute atomic E-state index is 12.1. The summed E-state index contributed by atoms with van der Waals surface area (Å²) in [7, 11) is 0. The van der Waals surface area contributed by atoms with Crippen molar-refractivity contribution < 1.29 is 19.0 Å². The molecule has 0 aliphatic carbocycles. The third-order valence-electron chi connectivity index (χ3n) is 6.35. The van der Waals surface area contributed by atoms with Gasteiger partial charge >= 0.3 is 5.97 Å². The summed E-state index contributed by atoms with van der Waals surface area (Å²) in [5, 5.41) is 0. The quantitative estimate of drug-likeness (QED) is 0.145. The van der Waals surface area contributed by atoms with Crippen molar-refractivity contribution in [2.24, 2.45) is 0 Å². The lowest BCUT2D eigenvalue weighted by atomic mass is 10.0. The van der Waals surface area contributed by atoms with Crippen LogP contribution in [-0.4, -0.2) is 41.4 Å². The van der Waals surface area contributed by atoms with Crippen LogP contribution in [0.4, 0.5) is 0 Å². The second kappa shape index (κ2) is 15.9. The van der Waals surface area contributed by atoms with Gasteiger partial charge in [-0.05, 0) is 61.9 Å². The van der Waals surface area contributed by atoms with E-state index in [1.807, 2.05) is 43.6 Å². The number of carbonyl (C=O) groups is 1. The molecule has 2 atom stereocenters. The Kier molecular flexibility index (Phi) is 12.2. The zero-order valence-corrected chi connectivity index (χ0v) is 23.3. The number of hydrogen-bond acceptors (Lipinski definition) is 6. The van der Waals surface area contributed by atoms with E-state index in [2.05, 4.69) is 48.1 Å². The monoisotopic (exact) mass is 518 g/mol. The van der Waals surface area contributed by atoms with Crippen LogP contribution in [0, 0.1) is 0 Å². The summed E-state index contributed by atoms with van der Waals surface area (Å²) in [6, 6.07) is 16.2. The van der Waals surface area contributed by atoms with E-state index < -0.39 is 6.10 Å². The second-order valence-corrected chi connectivity index (χ2v) is 9.75. The predicted molar refractivity (Wildman–Crippen MR) is 152 cm³/mol. The summed E-state index contributed by atoms with van der Waals surface area (Å²) in [5.41, 5.74) is 4.39. The minimum atomic E-state index is -0.569. The molecule has 0 spiro atoms. The van der Waals surface area contributed by atoms with Gasteiger partial charge in [-0.1, -0.05) is 75.9 Å². The topological polar surface area (TPSA) is 70.5 Å². The zero-order valence-electron chi connectivity index (χ0n) is 23.3. The molecule has 0 fully saturated rings. The van der Waals surface area contributed by atoms with E-state index in [-0.39, 0.29) is 18.7 Å². The molecule has 3 rings (SSSR count). The predicted octanol–water partition coefficient (Wildman–Crippen LogP) is 7.45. The Morgan fingerprint density at radius 3 is 2.03 bits per heavy atom. The van der Waals surface area contributed by atoms with Crippen LogP contribution < -0.4 is 4.74 Å². The molecule has 1 heterocycles. The highest BCUT2D eigenvalue weighted by Gasteiger charge is 2.18. The van der Waals surface area contributed by atoms with Gasteiger partial charge in [-0.3, -0.25) is 0 Å². The van der Waals surface area contributed by atoms with Crippen LogP contribution in [-0.2, 0) is 20.7 Å². The largest absolute Gasteiger partial charge is 0.490 e. The second-order valence-electron chi connectivity index (χ2n) is 9.75. The molecule has 0 saturated heterocycles. The Morgan fingerprint density at radius 1 is 0.789 bits per heavy atom. The lowest BCUT2D eigenvalue weighted by Crippen LogP contribution is -2.30. The van der Waals surface area contributed by atoms with E-state index in [0.717, 1.165) is 47.5 Å². The molecular formula is C32H42N2O4. The number of esters is 1. The lowest BCUT2D eigenvalue weighted by molar-refractivity contribution is -0.162. The highest BCUT2D eigenvalue weighted by molar-refractivity contribution is 5.74. The molecular weight excluding hydrogens is 476 g/mol. The van der Waals surface area contributed by atoms with E-state index >= 15 is 0 Å². The van der Waals surface area contributed by atoms with Crippen molar-refractivity contribution in [1.82, 2.24) is 9.97 Å². The Hall–Kier alpha value is -3.25. The maximum atomic E-state index is 12.1. The summed E-state index contributed by atoms with van der Waals surface area (Å²) in [6.07, 6.45) is 10.9. The molecule has 204 valence electrons. The van der Waals surface area contributed by atoms with Gasteiger partial charge in [0, 0.05) is 24.6 Å². The van der Waals surface area contributed by atoms with Crippen molar-refractivity contribution in [1.29, 1.82) is 0 Å². The van der Waals surface area contributed by atoms with Crippen LogP contribution in [0.5, 0.6) is 5.75 Å². The first-order chi connectivity index (χ1) is 18.5. The Labute approximate surface area is 227 Å². The smallest absolute Gasteiger partial charge is 0.335 e. The van der Waals surface area contributed by atoms with Gasteiger partial charge in [-0.15, -0.1) is 0 Å². The lowest BCUT2D eigenvalue weighted by Gasteiger charge is -2.18. The highest BCUT2D eigenvalue weighted by Crippen LogP contribution is 2.25. The molecule has 0 bridgehead atoms. The number of unbranched alkanes of at least 4 members (excludes halogenated alkanes) is 4. The number of aromatic nitrogens is 2. The van der Waals surface area contributed by atoms with Crippen LogP contribution in [0.2, 0.25) is 0 Å². The molecule has 0 aliphatic heterocycles. The standard InChI is InChI=1S/C32H42N2O4/c1-5-7-9-10-11-26-21-33-31(34-22-26)29-14-12-27(13-15-29)28-16-18-30(19-17-28)37-23-24(3)38-32(35)25(4)36-20-8-6-2/h12-19,21-22,24-25H,5-11,20,23H2,1-4H3/t24-,25?/m0/s1. The molecule has 0 radical (unpaired) electrons. The fourth-order valence-corrected chi connectivity index (χ4v) is 3.96. The molecule has 1 aromatic heterocycles. The number of benzene rings is 2. The van der Waals surface area contributed by atoms with Crippen LogP contribution in [0.25, 0.3) is 22.5 Å². The molecule has 3 aromatic rings. The van der Waals surface area contributed by atoms with E-state index in [1.54, 1.807) is 6.92 Å². The van der Waals surface area contributed by atoms with E-state index in [1.165, 1.54) is 31.2 Å². The molecule has 0 N–H and O–H groups in total. The summed E-state index contributed by atoms with van der Waals surface area (Å²) in [4.78, 5) is 21.3. The van der Waals surface area contributed by atoms with E-state index in [0.29, 0.717) is 6.61 Å². The first kappa shape index (κ1) is 29.3. The molecule has 0 amide bonds.